The van der Waals surface area contributed by atoms with Gasteiger partial charge in [-0.05, 0) is 37.1 Å². The van der Waals surface area contributed by atoms with Crippen LogP contribution in [0.3, 0.4) is 0 Å². The molecule has 0 aromatic heterocycles. The summed E-state index contributed by atoms with van der Waals surface area (Å²) in [5, 5.41) is 9.60. The van der Waals surface area contributed by atoms with Crippen molar-refractivity contribution in [1.82, 2.24) is 0 Å². The Morgan fingerprint density at radius 2 is 2.20 bits per heavy atom. The molecule has 1 unspecified atom stereocenters. The van der Waals surface area contributed by atoms with Crippen LogP contribution in [-0.4, -0.2) is 24.4 Å². The quantitative estimate of drug-likeness (QED) is 0.809. The van der Waals surface area contributed by atoms with Crippen molar-refractivity contribution in [2.75, 3.05) is 13.2 Å². The second kappa shape index (κ2) is 5.83. The maximum Gasteiger partial charge on any atom is 0.123 e. The average molecular weight is 212 g/mol. The molecular formula is C12H17FO2. The van der Waals surface area contributed by atoms with E-state index in [0.717, 1.165) is 11.1 Å². The molecule has 0 saturated heterocycles. The predicted octanol–water partition coefficient (Wildman–Crippen LogP) is 2.07. The molecule has 84 valence electrons. The molecule has 0 aliphatic rings. The van der Waals surface area contributed by atoms with Crippen LogP contribution in [0, 0.1) is 12.7 Å². The zero-order chi connectivity index (χ0) is 11.3. The minimum absolute atomic E-state index is 0.265. The van der Waals surface area contributed by atoms with Crippen molar-refractivity contribution < 1.29 is 14.2 Å². The van der Waals surface area contributed by atoms with Gasteiger partial charge in [-0.1, -0.05) is 6.07 Å². The van der Waals surface area contributed by atoms with Crippen LogP contribution >= 0.6 is 0 Å². The Morgan fingerprint density at radius 1 is 1.47 bits per heavy atom. The number of benzene rings is 1. The monoisotopic (exact) mass is 212 g/mol. The molecule has 1 aromatic carbocycles. The maximum absolute atomic E-state index is 12.9. The Balaban J connectivity index is 2.59. The second-order valence-corrected chi connectivity index (χ2v) is 3.59. The Morgan fingerprint density at radius 3 is 2.87 bits per heavy atom. The molecule has 3 heteroatoms. The van der Waals surface area contributed by atoms with Crippen molar-refractivity contribution in [3.05, 3.63) is 35.1 Å². The summed E-state index contributed by atoms with van der Waals surface area (Å²) >= 11 is 0. The largest absolute Gasteiger partial charge is 0.390 e. The van der Waals surface area contributed by atoms with Gasteiger partial charge >= 0.3 is 0 Å². The first-order valence-electron chi connectivity index (χ1n) is 5.14. The first-order chi connectivity index (χ1) is 7.13. The highest BCUT2D eigenvalue weighted by atomic mass is 19.1. The van der Waals surface area contributed by atoms with Crippen LogP contribution in [0.2, 0.25) is 0 Å². The molecule has 0 amide bonds. The maximum atomic E-state index is 12.9. The van der Waals surface area contributed by atoms with Gasteiger partial charge in [-0.15, -0.1) is 0 Å². The minimum Gasteiger partial charge on any atom is -0.390 e. The summed E-state index contributed by atoms with van der Waals surface area (Å²) < 4.78 is 18.0. The van der Waals surface area contributed by atoms with Crippen LogP contribution < -0.4 is 0 Å². The molecule has 1 rings (SSSR count). The molecule has 0 radical (unpaired) electrons. The standard InChI is InChI=1S/C12H17FO2/c1-3-15-8-12(14)7-10-6-11(13)5-4-9(10)2/h4-6,12,14H,3,7-8H2,1-2H3. The lowest BCUT2D eigenvalue weighted by atomic mass is 10.0. The zero-order valence-electron chi connectivity index (χ0n) is 9.16. The van der Waals surface area contributed by atoms with Crippen molar-refractivity contribution in [1.29, 1.82) is 0 Å². The number of hydrogen-bond donors (Lipinski definition) is 1. The summed E-state index contributed by atoms with van der Waals surface area (Å²) in [6.07, 6.45) is -0.130. The lowest BCUT2D eigenvalue weighted by Crippen LogP contribution is -2.18. The van der Waals surface area contributed by atoms with Gasteiger partial charge in [0.25, 0.3) is 0 Å². The van der Waals surface area contributed by atoms with E-state index in [4.69, 9.17) is 4.74 Å². The number of aliphatic hydroxyl groups is 1. The van der Waals surface area contributed by atoms with Crippen LogP contribution in [0.25, 0.3) is 0 Å². The molecule has 2 nitrogen and oxygen atoms in total. The van der Waals surface area contributed by atoms with E-state index in [1.807, 2.05) is 13.8 Å². The summed E-state index contributed by atoms with van der Waals surface area (Å²) in [5.74, 6) is -0.265. The van der Waals surface area contributed by atoms with Crippen LogP contribution in [0.1, 0.15) is 18.1 Å². The molecular weight excluding hydrogens is 195 g/mol. The van der Waals surface area contributed by atoms with Crippen LogP contribution in [0.15, 0.2) is 18.2 Å². The molecule has 0 saturated carbocycles. The highest BCUT2D eigenvalue weighted by Gasteiger charge is 2.08. The Hall–Kier alpha value is -0.930. The SMILES string of the molecule is CCOCC(O)Cc1cc(F)ccc1C. The van der Waals surface area contributed by atoms with Gasteiger partial charge in [-0.3, -0.25) is 0 Å². The smallest absolute Gasteiger partial charge is 0.123 e. The van der Waals surface area contributed by atoms with Gasteiger partial charge < -0.3 is 9.84 Å². The zero-order valence-corrected chi connectivity index (χ0v) is 9.16. The average Bonchev–Trinajstić information content (AvgIpc) is 2.20. The fourth-order valence-electron chi connectivity index (χ4n) is 1.43. The van der Waals surface area contributed by atoms with Gasteiger partial charge in [0.05, 0.1) is 12.7 Å². The van der Waals surface area contributed by atoms with Crippen molar-refractivity contribution in [3.63, 3.8) is 0 Å². The van der Waals surface area contributed by atoms with Gasteiger partial charge in [0.1, 0.15) is 5.82 Å². The molecule has 0 spiro atoms. The predicted molar refractivity (Wildman–Crippen MR) is 57.3 cm³/mol. The molecule has 1 aromatic rings. The third kappa shape index (κ3) is 3.98. The number of halogens is 1. The minimum atomic E-state index is -0.564. The molecule has 0 bridgehead atoms. The molecule has 0 aliphatic heterocycles. The third-order valence-corrected chi connectivity index (χ3v) is 2.28. The van der Waals surface area contributed by atoms with E-state index in [2.05, 4.69) is 0 Å². The Labute approximate surface area is 89.7 Å². The fourth-order valence-corrected chi connectivity index (χ4v) is 1.43. The topological polar surface area (TPSA) is 29.5 Å². The number of rotatable bonds is 5. The van der Waals surface area contributed by atoms with Crippen LogP contribution in [0.5, 0.6) is 0 Å². The second-order valence-electron chi connectivity index (χ2n) is 3.59. The number of ether oxygens (including phenoxy) is 1. The number of aryl methyl sites for hydroxylation is 1. The summed E-state index contributed by atoms with van der Waals surface area (Å²) in [7, 11) is 0. The van der Waals surface area contributed by atoms with Gasteiger partial charge in [0.15, 0.2) is 0 Å². The number of hydrogen-bond acceptors (Lipinski definition) is 2. The number of aliphatic hydroxyl groups excluding tert-OH is 1. The molecule has 15 heavy (non-hydrogen) atoms. The van der Waals surface area contributed by atoms with Crippen molar-refractivity contribution in [3.8, 4) is 0 Å². The summed E-state index contributed by atoms with van der Waals surface area (Å²) in [5.41, 5.74) is 1.83. The molecule has 0 heterocycles. The van der Waals surface area contributed by atoms with E-state index in [-0.39, 0.29) is 5.82 Å². The Kier molecular flexibility index (Phi) is 4.72. The Bertz CT molecular complexity index is 312. The lowest BCUT2D eigenvalue weighted by Gasteiger charge is -2.12. The van der Waals surface area contributed by atoms with E-state index in [1.165, 1.54) is 12.1 Å². The van der Waals surface area contributed by atoms with Crippen molar-refractivity contribution in [2.24, 2.45) is 0 Å². The summed E-state index contributed by atoms with van der Waals surface area (Å²) in [6.45, 7) is 4.66. The van der Waals surface area contributed by atoms with Crippen LogP contribution in [0.4, 0.5) is 4.39 Å². The van der Waals surface area contributed by atoms with E-state index >= 15 is 0 Å². The van der Waals surface area contributed by atoms with Gasteiger partial charge in [0.2, 0.25) is 0 Å². The van der Waals surface area contributed by atoms with E-state index in [9.17, 15) is 9.50 Å². The molecule has 1 N–H and O–H groups in total. The first-order valence-corrected chi connectivity index (χ1v) is 5.14. The summed E-state index contributed by atoms with van der Waals surface area (Å²) in [6, 6.07) is 4.61. The van der Waals surface area contributed by atoms with Gasteiger partial charge in [0, 0.05) is 13.0 Å². The van der Waals surface area contributed by atoms with Crippen molar-refractivity contribution >= 4 is 0 Å². The highest BCUT2D eigenvalue weighted by Crippen LogP contribution is 2.12. The highest BCUT2D eigenvalue weighted by molar-refractivity contribution is 5.27. The van der Waals surface area contributed by atoms with E-state index < -0.39 is 6.10 Å². The molecule has 0 aliphatic carbocycles. The lowest BCUT2D eigenvalue weighted by molar-refractivity contribution is 0.0429. The molecule has 1 atom stereocenters. The van der Waals surface area contributed by atoms with E-state index in [0.29, 0.717) is 19.6 Å². The third-order valence-electron chi connectivity index (χ3n) is 2.28. The van der Waals surface area contributed by atoms with Crippen LogP contribution in [-0.2, 0) is 11.2 Å². The summed E-state index contributed by atoms with van der Waals surface area (Å²) in [4.78, 5) is 0. The van der Waals surface area contributed by atoms with Gasteiger partial charge in [-0.25, -0.2) is 4.39 Å². The van der Waals surface area contributed by atoms with Gasteiger partial charge in [-0.2, -0.15) is 0 Å². The van der Waals surface area contributed by atoms with Crippen molar-refractivity contribution in [2.45, 2.75) is 26.4 Å². The van der Waals surface area contributed by atoms with E-state index in [1.54, 1.807) is 6.07 Å². The fraction of sp³-hybridized carbons (Fsp3) is 0.500. The first kappa shape index (κ1) is 12.1. The normalized spacial score (nSPS) is 12.8. The molecule has 0 fully saturated rings.